The zero-order valence-corrected chi connectivity index (χ0v) is 9.59. The first-order valence-electron chi connectivity index (χ1n) is 4.99. The van der Waals surface area contributed by atoms with Gasteiger partial charge in [-0.05, 0) is 24.6 Å². The fourth-order valence-corrected chi connectivity index (χ4v) is 1.51. The molecule has 0 radical (unpaired) electrons. The summed E-state index contributed by atoms with van der Waals surface area (Å²) in [6.45, 7) is 1.88. The Kier molecular flexibility index (Phi) is 4.55. The molecule has 0 heterocycles. The lowest BCUT2D eigenvalue weighted by molar-refractivity contribution is -0.138. The van der Waals surface area contributed by atoms with Crippen molar-refractivity contribution in [3.05, 3.63) is 29.0 Å². The van der Waals surface area contributed by atoms with Gasteiger partial charge in [0, 0.05) is 0 Å². The molecule has 0 aliphatic heterocycles. The third-order valence-electron chi connectivity index (χ3n) is 2.13. The van der Waals surface area contributed by atoms with Crippen LogP contribution in [0.4, 0.5) is 10.1 Å². The second-order valence-corrected chi connectivity index (χ2v) is 3.86. The van der Waals surface area contributed by atoms with Crippen molar-refractivity contribution in [2.45, 2.75) is 25.8 Å². The van der Waals surface area contributed by atoms with E-state index in [1.165, 1.54) is 18.2 Å². The highest BCUT2D eigenvalue weighted by atomic mass is 35.5. The zero-order chi connectivity index (χ0) is 12.1. The first-order chi connectivity index (χ1) is 7.54. The molecule has 2 N–H and O–H groups in total. The van der Waals surface area contributed by atoms with Crippen molar-refractivity contribution in [1.29, 1.82) is 0 Å². The van der Waals surface area contributed by atoms with Gasteiger partial charge in [0.2, 0.25) is 0 Å². The minimum Gasteiger partial charge on any atom is -0.480 e. The van der Waals surface area contributed by atoms with Gasteiger partial charge in [-0.1, -0.05) is 24.9 Å². The van der Waals surface area contributed by atoms with Gasteiger partial charge in [-0.2, -0.15) is 0 Å². The van der Waals surface area contributed by atoms with E-state index in [0.29, 0.717) is 17.1 Å². The molecular formula is C11H13ClFNO2. The number of carboxylic acid groups (broad SMARTS) is 1. The maximum absolute atomic E-state index is 12.9. The first-order valence-corrected chi connectivity index (χ1v) is 5.36. The summed E-state index contributed by atoms with van der Waals surface area (Å²) in [7, 11) is 0. The number of nitrogens with one attached hydrogen (secondary N) is 1. The van der Waals surface area contributed by atoms with Crippen LogP contribution in [-0.4, -0.2) is 17.1 Å². The topological polar surface area (TPSA) is 49.3 Å². The number of halogens is 2. The number of aliphatic carboxylic acids is 1. The van der Waals surface area contributed by atoms with Crippen molar-refractivity contribution >= 4 is 23.3 Å². The first kappa shape index (κ1) is 12.8. The summed E-state index contributed by atoms with van der Waals surface area (Å²) in [5, 5.41) is 12.0. The Morgan fingerprint density at radius 2 is 2.31 bits per heavy atom. The molecule has 1 aromatic rings. The summed E-state index contributed by atoms with van der Waals surface area (Å²) in [6.07, 6.45) is 1.18. The van der Waals surface area contributed by atoms with Crippen LogP contribution in [-0.2, 0) is 4.79 Å². The molecule has 0 saturated carbocycles. The van der Waals surface area contributed by atoms with Gasteiger partial charge in [0.1, 0.15) is 11.9 Å². The number of hydrogen-bond acceptors (Lipinski definition) is 2. The lowest BCUT2D eigenvalue weighted by atomic mass is 10.1. The van der Waals surface area contributed by atoms with E-state index >= 15 is 0 Å². The third kappa shape index (κ3) is 3.38. The van der Waals surface area contributed by atoms with Crippen molar-refractivity contribution in [3.8, 4) is 0 Å². The highest BCUT2D eigenvalue weighted by Gasteiger charge is 2.17. The predicted octanol–water partition coefficient (Wildman–Crippen LogP) is 3.14. The number of benzene rings is 1. The fraction of sp³-hybridized carbons (Fsp3) is 0.364. The fourth-order valence-electron chi connectivity index (χ4n) is 1.34. The lowest BCUT2D eigenvalue weighted by Crippen LogP contribution is -2.29. The van der Waals surface area contributed by atoms with E-state index in [0.717, 1.165) is 6.42 Å². The molecular weight excluding hydrogens is 233 g/mol. The van der Waals surface area contributed by atoms with Crippen molar-refractivity contribution in [3.63, 3.8) is 0 Å². The molecule has 3 nitrogen and oxygen atoms in total. The van der Waals surface area contributed by atoms with Crippen LogP contribution >= 0.6 is 11.6 Å². The van der Waals surface area contributed by atoms with Crippen molar-refractivity contribution in [1.82, 2.24) is 0 Å². The summed E-state index contributed by atoms with van der Waals surface area (Å²) < 4.78 is 12.9. The quantitative estimate of drug-likeness (QED) is 0.838. The standard InChI is InChI=1S/C11H13ClFNO2/c1-2-3-9(11(15)16)14-10-6-7(13)4-5-8(10)12/h4-6,9,14H,2-3H2,1H3,(H,15,16). The molecule has 5 heteroatoms. The molecule has 1 aromatic carbocycles. The van der Waals surface area contributed by atoms with Crippen molar-refractivity contribution in [2.24, 2.45) is 0 Å². The molecule has 1 rings (SSSR count). The average molecular weight is 246 g/mol. The highest BCUT2D eigenvalue weighted by Crippen LogP contribution is 2.23. The van der Waals surface area contributed by atoms with Crippen LogP contribution < -0.4 is 5.32 Å². The van der Waals surface area contributed by atoms with E-state index < -0.39 is 17.8 Å². The second kappa shape index (κ2) is 5.70. The molecule has 0 aromatic heterocycles. The third-order valence-corrected chi connectivity index (χ3v) is 2.46. The number of carbonyl (C=O) groups is 1. The lowest BCUT2D eigenvalue weighted by Gasteiger charge is -2.15. The smallest absolute Gasteiger partial charge is 0.326 e. The van der Waals surface area contributed by atoms with Crippen LogP contribution in [0.15, 0.2) is 18.2 Å². The van der Waals surface area contributed by atoms with Gasteiger partial charge in [-0.25, -0.2) is 9.18 Å². The molecule has 1 unspecified atom stereocenters. The van der Waals surface area contributed by atoms with Crippen molar-refractivity contribution < 1.29 is 14.3 Å². The van der Waals surface area contributed by atoms with E-state index in [1.807, 2.05) is 6.92 Å². The largest absolute Gasteiger partial charge is 0.480 e. The van der Waals surface area contributed by atoms with Gasteiger partial charge in [0.15, 0.2) is 0 Å². The monoisotopic (exact) mass is 245 g/mol. The molecule has 0 spiro atoms. The van der Waals surface area contributed by atoms with Crippen LogP contribution in [0.2, 0.25) is 5.02 Å². The molecule has 0 fully saturated rings. The predicted molar refractivity (Wildman–Crippen MR) is 61.4 cm³/mol. The summed E-state index contributed by atoms with van der Waals surface area (Å²) in [5.41, 5.74) is 0.308. The van der Waals surface area contributed by atoms with E-state index in [2.05, 4.69) is 5.32 Å². The van der Waals surface area contributed by atoms with E-state index in [9.17, 15) is 9.18 Å². The van der Waals surface area contributed by atoms with Crippen LogP contribution in [0.25, 0.3) is 0 Å². The van der Waals surface area contributed by atoms with Crippen LogP contribution in [0.3, 0.4) is 0 Å². The molecule has 0 amide bonds. The normalized spacial score (nSPS) is 12.2. The number of anilines is 1. The van der Waals surface area contributed by atoms with Gasteiger partial charge < -0.3 is 10.4 Å². The van der Waals surface area contributed by atoms with Gasteiger partial charge in [-0.3, -0.25) is 0 Å². The van der Waals surface area contributed by atoms with Crippen molar-refractivity contribution in [2.75, 3.05) is 5.32 Å². The Labute approximate surface area is 98.2 Å². The Balaban J connectivity index is 2.84. The Morgan fingerprint density at radius 1 is 1.62 bits per heavy atom. The van der Waals surface area contributed by atoms with Crippen LogP contribution in [0.1, 0.15) is 19.8 Å². The van der Waals surface area contributed by atoms with Crippen LogP contribution in [0, 0.1) is 5.82 Å². The van der Waals surface area contributed by atoms with Gasteiger partial charge in [0.25, 0.3) is 0 Å². The minimum atomic E-state index is -0.970. The number of hydrogen-bond donors (Lipinski definition) is 2. The second-order valence-electron chi connectivity index (χ2n) is 3.45. The Hall–Kier alpha value is -1.29. The Morgan fingerprint density at radius 3 is 2.88 bits per heavy atom. The van der Waals surface area contributed by atoms with Crippen LogP contribution in [0.5, 0.6) is 0 Å². The van der Waals surface area contributed by atoms with Gasteiger partial charge >= 0.3 is 5.97 Å². The zero-order valence-electron chi connectivity index (χ0n) is 8.84. The molecule has 16 heavy (non-hydrogen) atoms. The molecule has 88 valence electrons. The molecule has 0 aliphatic rings. The van der Waals surface area contributed by atoms with E-state index in [4.69, 9.17) is 16.7 Å². The average Bonchev–Trinajstić information content (AvgIpc) is 2.22. The Bertz CT molecular complexity index is 384. The maximum Gasteiger partial charge on any atom is 0.326 e. The molecule has 0 aliphatic carbocycles. The van der Waals surface area contributed by atoms with Gasteiger partial charge in [0.05, 0.1) is 10.7 Å². The minimum absolute atomic E-state index is 0.308. The summed E-state index contributed by atoms with van der Waals surface area (Å²) in [6, 6.07) is 3.06. The number of rotatable bonds is 5. The molecule has 1 atom stereocenters. The molecule has 0 saturated heterocycles. The SMILES string of the molecule is CCCC(Nc1cc(F)ccc1Cl)C(=O)O. The van der Waals surface area contributed by atoms with Gasteiger partial charge in [-0.15, -0.1) is 0 Å². The highest BCUT2D eigenvalue weighted by molar-refractivity contribution is 6.33. The maximum atomic E-state index is 12.9. The van der Waals surface area contributed by atoms with E-state index in [-0.39, 0.29) is 0 Å². The summed E-state index contributed by atoms with van der Waals surface area (Å²) >= 11 is 5.82. The van der Waals surface area contributed by atoms with E-state index in [1.54, 1.807) is 0 Å². The summed E-state index contributed by atoms with van der Waals surface area (Å²) in [5.74, 6) is -1.42. The summed E-state index contributed by atoms with van der Waals surface area (Å²) in [4.78, 5) is 10.9. The number of carboxylic acids is 1. The molecule has 0 bridgehead atoms.